The summed E-state index contributed by atoms with van der Waals surface area (Å²) in [5.41, 5.74) is 0.188. The predicted octanol–water partition coefficient (Wildman–Crippen LogP) is 4.49. The van der Waals surface area contributed by atoms with Crippen molar-refractivity contribution in [3.8, 4) is 0 Å². The van der Waals surface area contributed by atoms with Gasteiger partial charge in [0, 0.05) is 12.5 Å². The van der Waals surface area contributed by atoms with E-state index in [1.165, 1.54) is 4.90 Å². The molecule has 1 aromatic rings. The van der Waals surface area contributed by atoms with E-state index in [0.717, 1.165) is 32.1 Å². The second-order valence-corrected chi connectivity index (χ2v) is 17.7. The highest BCUT2D eigenvalue weighted by Gasteiger charge is 2.51. The number of carbonyl (C=O) groups excluding carboxylic acids is 7. The molecule has 0 radical (unpaired) electrons. The summed E-state index contributed by atoms with van der Waals surface area (Å²) in [6, 6.07) is 4.97. The predicted molar refractivity (Wildman–Crippen MR) is 207 cm³/mol. The third-order valence-corrected chi connectivity index (χ3v) is 11.4. The first kappa shape index (κ1) is 43.4. The van der Waals surface area contributed by atoms with Gasteiger partial charge in [-0.1, -0.05) is 105 Å². The van der Waals surface area contributed by atoms with Crippen molar-refractivity contribution in [1.29, 1.82) is 0 Å². The number of nitrogens with zero attached hydrogens (tertiary/aromatic N) is 1. The average Bonchev–Trinajstić information content (AvgIpc) is 3.60. The number of ether oxygens (including phenoxy) is 1. The molecule has 55 heavy (non-hydrogen) atoms. The number of Topliss-reactive ketones (excluding diaryl/α,β-unsaturated/α-hetero) is 2. The maximum atomic E-state index is 14.3. The summed E-state index contributed by atoms with van der Waals surface area (Å²) in [4.78, 5) is 96.1. The number of nitrogens with one attached hydrogen (secondary N) is 4. The topological polar surface area (TPSA) is 180 Å². The number of ketones is 2. The molecule has 1 heterocycles. The Bertz CT molecular complexity index is 1550. The third-order valence-electron chi connectivity index (χ3n) is 11.4. The van der Waals surface area contributed by atoms with Gasteiger partial charge < -0.3 is 30.9 Å². The first-order valence-corrected chi connectivity index (χ1v) is 20.1. The first-order chi connectivity index (χ1) is 25.9. The molecule has 13 heteroatoms. The number of benzene rings is 1. The van der Waals surface area contributed by atoms with Gasteiger partial charge in [0.2, 0.25) is 23.5 Å². The number of likely N-dealkylation sites (tertiary alicyclic amines) is 1. The zero-order valence-corrected chi connectivity index (χ0v) is 33.9. The molecule has 6 atom stereocenters. The van der Waals surface area contributed by atoms with Crippen LogP contribution in [0.1, 0.15) is 112 Å². The van der Waals surface area contributed by atoms with Crippen molar-refractivity contribution < 1.29 is 38.3 Å². The van der Waals surface area contributed by atoms with Crippen LogP contribution >= 0.6 is 0 Å². The zero-order valence-electron chi connectivity index (χ0n) is 33.9. The van der Waals surface area contributed by atoms with E-state index in [1.54, 1.807) is 24.3 Å². The first-order valence-electron chi connectivity index (χ1n) is 20.1. The summed E-state index contributed by atoms with van der Waals surface area (Å²) < 4.78 is 5.38. The van der Waals surface area contributed by atoms with Crippen molar-refractivity contribution in [1.82, 2.24) is 26.2 Å². The molecule has 13 nitrogen and oxygen atoms in total. The quantitative estimate of drug-likeness (QED) is 0.168. The summed E-state index contributed by atoms with van der Waals surface area (Å²) in [6.07, 6.45) is 4.21. The Kier molecular flexibility index (Phi) is 15.0. The molecule has 4 N–H and O–H groups in total. The Morgan fingerprint density at radius 3 is 2.07 bits per heavy atom. The van der Waals surface area contributed by atoms with Crippen LogP contribution < -0.4 is 21.3 Å². The number of alkyl carbamates (subject to hydrolysis) is 1. The number of rotatable bonds is 17. The number of hydrogen-bond acceptors (Lipinski definition) is 8. The van der Waals surface area contributed by atoms with Crippen LogP contribution in [0.25, 0.3) is 0 Å². The lowest BCUT2D eigenvalue weighted by Crippen LogP contribution is -2.58. The molecule has 5 unspecified atom stereocenters. The Labute approximate surface area is 326 Å². The lowest BCUT2D eigenvalue weighted by molar-refractivity contribution is -0.143. The molecular formula is C42H63N5O8. The van der Waals surface area contributed by atoms with E-state index in [2.05, 4.69) is 21.3 Å². The lowest BCUT2D eigenvalue weighted by Gasteiger charge is -2.35. The fourth-order valence-electron chi connectivity index (χ4n) is 8.10. The van der Waals surface area contributed by atoms with Crippen molar-refractivity contribution in [3.05, 3.63) is 35.9 Å². The van der Waals surface area contributed by atoms with Gasteiger partial charge in [0.25, 0.3) is 5.91 Å². The Hall–Kier alpha value is -4.29. The van der Waals surface area contributed by atoms with Crippen LogP contribution in [-0.2, 0) is 33.5 Å². The SMILES string of the molecule is CC(C)COC(=O)NC(C(=O)N1CC(C)(C)CC1C(=O)N[C@@H](CC(C)C)C(=O)C(=O)NCC(=O)NC(C(=O)C1C(C)C1C)c1ccccc1)C1CCCCC1. The molecule has 5 amide bonds. The second-order valence-electron chi connectivity index (χ2n) is 17.7. The van der Waals surface area contributed by atoms with Gasteiger partial charge in [0.1, 0.15) is 18.1 Å². The molecule has 304 valence electrons. The largest absolute Gasteiger partial charge is 0.449 e. The van der Waals surface area contributed by atoms with Crippen LogP contribution in [0.4, 0.5) is 4.79 Å². The molecule has 4 rings (SSSR count). The van der Waals surface area contributed by atoms with E-state index in [-0.39, 0.29) is 66.8 Å². The zero-order chi connectivity index (χ0) is 40.6. The van der Waals surface area contributed by atoms with Gasteiger partial charge in [-0.15, -0.1) is 0 Å². The van der Waals surface area contributed by atoms with Crippen molar-refractivity contribution >= 4 is 41.3 Å². The van der Waals surface area contributed by atoms with Crippen LogP contribution in [0.3, 0.4) is 0 Å². The average molecular weight is 766 g/mol. The van der Waals surface area contributed by atoms with E-state index in [1.807, 2.05) is 61.5 Å². The normalized spacial score (nSPS) is 23.6. The smallest absolute Gasteiger partial charge is 0.407 e. The van der Waals surface area contributed by atoms with E-state index >= 15 is 0 Å². The van der Waals surface area contributed by atoms with Crippen molar-refractivity contribution in [2.75, 3.05) is 19.7 Å². The van der Waals surface area contributed by atoms with Crippen LogP contribution in [-0.4, -0.2) is 84.0 Å². The molecule has 2 aliphatic carbocycles. The highest BCUT2D eigenvalue weighted by Crippen LogP contribution is 2.48. The molecular weight excluding hydrogens is 702 g/mol. The highest BCUT2D eigenvalue weighted by atomic mass is 16.5. The molecule has 1 saturated heterocycles. The molecule has 0 aromatic heterocycles. The van der Waals surface area contributed by atoms with Crippen LogP contribution in [0.5, 0.6) is 0 Å². The minimum Gasteiger partial charge on any atom is -0.449 e. The van der Waals surface area contributed by atoms with Crippen molar-refractivity contribution in [3.63, 3.8) is 0 Å². The van der Waals surface area contributed by atoms with E-state index in [9.17, 15) is 33.6 Å². The molecule has 1 aliphatic heterocycles. The highest BCUT2D eigenvalue weighted by molar-refractivity contribution is 6.38. The van der Waals surface area contributed by atoms with Gasteiger partial charge in [-0.2, -0.15) is 0 Å². The maximum absolute atomic E-state index is 14.3. The van der Waals surface area contributed by atoms with Gasteiger partial charge in [-0.05, 0) is 66.3 Å². The Balaban J connectivity index is 1.44. The van der Waals surface area contributed by atoms with E-state index in [4.69, 9.17) is 4.74 Å². The van der Waals surface area contributed by atoms with E-state index < -0.39 is 65.7 Å². The van der Waals surface area contributed by atoms with Crippen LogP contribution in [0, 0.1) is 40.9 Å². The number of carbonyl (C=O) groups is 7. The van der Waals surface area contributed by atoms with Gasteiger partial charge in [-0.25, -0.2) is 4.79 Å². The second kappa shape index (κ2) is 19.0. The fourth-order valence-corrected chi connectivity index (χ4v) is 8.10. The summed E-state index contributed by atoms with van der Waals surface area (Å²) in [7, 11) is 0. The van der Waals surface area contributed by atoms with Crippen molar-refractivity contribution in [2.24, 2.45) is 40.9 Å². The van der Waals surface area contributed by atoms with Gasteiger partial charge in [0.15, 0.2) is 5.78 Å². The van der Waals surface area contributed by atoms with Crippen LogP contribution in [0.15, 0.2) is 30.3 Å². The minimum absolute atomic E-state index is 0.0929. The lowest BCUT2D eigenvalue weighted by atomic mass is 9.83. The summed E-state index contributed by atoms with van der Waals surface area (Å²) in [6.45, 7) is 15.4. The molecule has 2 saturated carbocycles. The minimum atomic E-state index is -1.22. The summed E-state index contributed by atoms with van der Waals surface area (Å²) >= 11 is 0. The Morgan fingerprint density at radius 2 is 1.49 bits per heavy atom. The fraction of sp³-hybridized carbons (Fsp3) is 0.690. The van der Waals surface area contributed by atoms with Gasteiger partial charge >= 0.3 is 6.09 Å². The van der Waals surface area contributed by atoms with E-state index in [0.29, 0.717) is 12.0 Å². The summed E-state index contributed by atoms with van der Waals surface area (Å²) in [5, 5.41) is 10.7. The van der Waals surface area contributed by atoms with Gasteiger partial charge in [0.05, 0.1) is 19.2 Å². The molecule has 0 bridgehead atoms. The van der Waals surface area contributed by atoms with Crippen LogP contribution in [0.2, 0.25) is 0 Å². The van der Waals surface area contributed by atoms with Crippen molar-refractivity contribution in [2.45, 2.75) is 125 Å². The molecule has 0 spiro atoms. The number of amides is 5. The Morgan fingerprint density at radius 1 is 0.855 bits per heavy atom. The molecule has 3 fully saturated rings. The molecule has 3 aliphatic rings. The standard InChI is InChI=1S/C42H63N5O8/c1-24(2)19-30(36(49)39(52)43-21-32(48)45-34(28-15-11-9-12-16-28)37(50)33-26(5)27(33)6)44-38(51)31-20-42(7,8)23-47(31)40(53)35(29-17-13-10-14-18-29)46-41(54)55-22-25(3)4/h9,11-12,15-16,24-27,29-31,33-35H,10,13-14,17-23H2,1-8H3,(H,43,52)(H,44,51)(H,45,48)(H,46,54)/t26?,27?,30-,31?,33?,34?,35?/m0/s1. The number of hydrogen-bond donors (Lipinski definition) is 4. The summed E-state index contributed by atoms with van der Waals surface area (Å²) in [5.74, 6) is -3.50. The third kappa shape index (κ3) is 11.9. The maximum Gasteiger partial charge on any atom is 0.407 e. The van der Waals surface area contributed by atoms with Gasteiger partial charge in [-0.3, -0.25) is 28.8 Å². The monoisotopic (exact) mass is 765 g/mol. The molecule has 1 aromatic carbocycles.